The van der Waals surface area contributed by atoms with Crippen LogP contribution in [0.4, 0.5) is 0 Å². The highest BCUT2D eigenvalue weighted by molar-refractivity contribution is 5.80. The molecule has 1 saturated heterocycles. The molecule has 1 fully saturated rings. The Morgan fingerprint density at radius 2 is 1.88 bits per heavy atom. The molecule has 1 aromatic rings. The van der Waals surface area contributed by atoms with Crippen molar-refractivity contribution in [3.8, 4) is 0 Å². The zero-order chi connectivity index (χ0) is 17.7. The van der Waals surface area contributed by atoms with Crippen molar-refractivity contribution < 1.29 is 14.7 Å². The van der Waals surface area contributed by atoms with Gasteiger partial charge in [0, 0.05) is 31.5 Å². The topological polar surface area (TPSA) is 69.6 Å². The third-order valence-electron chi connectivity index (χ3n) is 4.69. The number of hydrogen-bond acceptors (Lipinski definition) is 3. The van der Waals surface area contributed by atoms with E-state index in [0.29, 0.717) is 25.9 Å². The maximum atomic E-state index is 12.3. The van der Waals surface area contributed by atoms with Crippen LogP contribution >= 0.6 is 0 Å². The number of nitrogens with one attached hydrogen (secondary N) is 1. The Morgan fingerprint density at radius 1 is 1.25 bits per heavy atom. The molecule has 0 bridgehead atoms. The standard InChI is InChI=1S/C19H28N2O3/c1-13(2)19(24)21-10-8-15(9-11-21)18(23)20-12-17(22)16-7-5-4-6-14(16)3/h4-7,13,15,17,22H,8-12H2,1-3H3,(H,20,23). The molecule has 0 aromatic heterocycles. The summed E-state index contributed by atoms with van der Waals surface area (Å²) in [6.07, 6.45) is 0.674. The lowest BCUT2D eigenvalue weighted by atomic mass is 9.95. The maximum absolute atomic E-state index is 12.3. The minimum atomic E-state index is -0.697. The molecule has 132 valence electrons. The van der Waals surface area contributed by atoms with Crippen molar-refractivity contribution in [2.45, 2.75) is 39.7 Å². The zero-order valence-electron chi connectivity index (χ0n) is 14.8. The first-order chi connectivity index (χ1) is 11.4. The van der Waals surface area contributed by atoms with E-state index >= 15 is 0 Å². The highest BCUT2D eigenvalue weighted by Crippen LogP contribution is 2.20. The highest BCUT2D eigenvalue weighted by Gasteiger charge is 2.28. The van der Waals surface area contributed by atoms with E-state index in [0.717, 1.165) is 11.1 Å². The lowest BCUT2D eigenvalue weighted by molar-refractivity contribution is -0.138. The van der Waals surface area contributed by atoms with E-state index in [1.54, 1.807) is 0 Å². The van der Waals surface area contributed by atoms with E-state index in [4.69, 9.17) is 0 Å². The fourth-order valence-electron chi connectivity index (χ4n) is 3.14. The largest absolute Gasteiger partial charge is 0.387 e. The second kappa shape index (κ2) is 8.29. The quantitative estimate of drug-likeness (QED) is 0.867. The minimum absolute atomic E-state index is 0.000337. The summed E-state index contributed by atoms with van der Waals surface area (Å²) < 4.78 is 0. The van der Waals surface area contributed by atoms with Gasteiger partial charge in [-0.3, -0.25) is 9.59 Å². The number of piperidine rings is 1. The lowest BCUT2D eigenvalue weighted by Gasteiger charge is -2.32. The van der Waals surface area contributed by atoms with Crippen LogP contribution in [-0.4, -0.2) is 41.5 Å². The Labute approximate surface area is 144 Å². The maximum Gasteiger partial charge on any atom is 0.225 e. The molecule has 2 amide bonds. The molecule has 1 heterocycles. The van der Waals surface area contributed by atoms with Crippen LogP contribution in [0.5, 0.6) is 0 Å². The first kappa shape index (κ1) is 18.5. The molecule has 0 saturated carbocycles. The molecule has 2 rings (SSSR count). The van der Waals surface area contributed by atoms with Crippen LogP contribution < -0.4 is 5.32 Å². The van der Waals surface area contributed by atoms with E-state index in [2.05, 4.69) is 5.32 Å². The third kappa shape index (κ3) is 4.57. The number of amides is 2. The van der Waals surface area contributed by atoms with Crippen LogP contribution in [0.25, 0.3) is 0 Å². The van der Waals surface area contributed by atoms with Crippen molar-refractivity contribution in [3.05, 3.63) is 35.4 Å². The number of carbonyl (C=O) groups is 2. The van der Waals surface area contributed by atoms with Gasteiger partial charge in [-0.2, -0.15) is 0 Å². The van der Waals surface area contributed by atoms with Gasteiger partial charge in [0.1, 0.15) is 0 Å². The lowest BCUT2D eigenvalue weighted by Crippen LogP contribution is -2.44. The Bertz CT molecular complexity index is 578. The van der Waals surface area contributed by atoms with Gasteiger partial charge in [0.05, 0.1) is 6.10 Å². The molecule has 5 heteroatoms. The molecule has 1 aromatic carbocycles. The van der Waals surface area contributed by atoms with E-state index in [1.165, 1.54) is 0 Å². The molecule has 24 heavy (non-hydrogen) atoms. The van der Waals surface area contributed by atoms with E-state index < -0.39 is 6.10 Å². The predicted molar refractivity (Wildman–Crippen MR) is 93.3 cm³/mol. The van der Waals surface area contributed by atoms with Crippen LogP contribution in [0.15, 0.2) is 24.3 Å². The molecule has 1 unspecified atom stereocenters. The van der Waals surface area contributed by atoms with Crippen molar-refractivity contribution in [1.82, 2.24) is 10.2 Å². The second-order valence-corrected chi connectivity index (χ2v) is 6.87. The SMILES string of the molecule is Cc1ccccc1C(O)CNC(=O)C1CCN(C(=O)C(C)C)CC1. The number of aliphatic hydroxyl groups is 1. The van der Waals surface area contributed by atoms with Crippen molar-refractivity contribution in [2.75, 3.05) is 19.6 Å². The van der Waals surface area contributed by atoms with Crippen LogP contribution in [0.1, 0.15) is 43.9 Å². The number of aryl methyl sites for hydroxylation is 1. The number of nitrogens with zero attached hydrogens (tertiary/aromatic N) is 1. The van der Waals surface area contributed by atoms with E-state index in [1.807, 2.05) is 49.9 Å². The van der Waals surface area contributed by atoms with Gasteiger partial charge in [-0.25, -0.2) is 0 Å². The van der Waals surface area contributed by atoms with Gasteiger partial charge in [0.25, 0.3) is 0 Å². The van der Waals surface area contributed by atoms with Gasteiger partial charge in [0.2, 0.25) is 11.8 Å². The van der Waals surface area contributed by atoms with Crippen molar-refractivity contribution in [2.24, 2.45) is 11.8 Å². The van der Waals surface area contributed by atoms with Gasteiger partial charge < -0.3 is 15.3 Å². The number of carbonyl (C=O) groups excluding carboxylic acids is 2. The molecular weight excluding hydrogens is 304 g/mol. The highest BCUT2D eigenvalue weighted by atomic mass is 16.3. The molecule has 1 aliphatic rings. The first-order valence-corrected chi connectivity index (χ1v) is 8.70. The molecule has 2 N–H and O–H groups in total. The fraction of sp³-hybridized carbons (Fsp3) is 0.579. The molecule has 0 spiro atoms. The van der Waals surface area contributed by atoms with Crippen molar-refractivity contribution >= 4 is 11.8 Å². The van der Waals surface area contributed by atoms with E-state index in [9.17, 15) is 14.7 Å². The summed E-state index contributed by atoms with van der Waals surface area (Å²) >= 11 is 0. The summed E-state index contributed by atoms with van der Waals surface area (Å²) in [6, 6.07) is 7.63. The number of hydrogen-bond donors (Lipinski definition) is 2. The summed E-state index contributed by atoms with van der Waals surface area (Å²) in [5.41, 5.74) is 1.86. The monoisotopic (exact) mass is 332 g/mol. The average molecular weight is 332 g/mol. The number of likely N-dealkylation sites (tertiary alicyclic amines) is 1. The average Bonchev–Trinajstić information content (AvgIpc) is 2.59. The molecule has 0 aliphatic carbocycles. The normalized spacial score (nSPS) is 17.0. The van der Waals surface area contributed by atoms with Crippen LogP contribution in [-0.2, 0) is 9.59 Å². The van der Waals surface area contributed by atoms with Gasteiger partial charge in [0.15, 0.2) is 0 Å². The van der Waals surface area contributed by atoms with Gasteiger partial charge in [-0.15, -0.1) is 0 Å². The molecule has 1 aliphatic heterocycles. The number of benzene rings is 1. The Morgan fingerprint density at radius 3 is 2.46 bits per heavy atom. The minimum Gasteiger partial charge on any atom is -0.387 e. The molecular formula is C19H28N2O3. The van der Waals surface area contributed by atoms with Crippen molar-refractivity contribution in [1.29, 1.82) is 0 Å². The summed E-state index contributed by atoms with van der Waals surface area (Å²) in [4.78, 5) is 26.1. The van der Waals surface area contributed by atoms with E-state index in [-0.39, 0.29) is 30.2 Å². The third-order valence-corrected chi connectivity index (χ3v) is 4.69. The molecule has 1 atom stereocenters. The Balaban J connectivity index is 1.80. The van der Waals surface area contributed by atoms with Crippen LogP contribution in [0.2, 0.25) is 0 Å². The molecule has 5 nitrogen and oxygen atoms in total. The Kier molecular flexibility index (Phi) is 6.37. The summed E-state index contributed by atoms with van der Waals surface area (Å²) in [5.74, 6) is 0.0491. The Hall–Kier alpha value is -1.88. The predicted octanol–water partition coefficient (Wildman–Crippen LogP) is 2.04. The zero-order valence-corrected chi connectivity index (χ0v) is 14.8. The van der Waals surface area contributed by atoms with Gasteiger partial charge in [-0.1, -0.05) is 38.1 Å². The number of aliphatic hydroxyl groups excluding tert-OH is 1. The van der Waals surface area contributed by atoms with Crippen molar-refractivity contribution in [3.63, 3.8) is 0 Å². The smallest absolute Gasteiger partial charge is 0.225 e. The summed E-state index contributed by atoms with van der Waals surface area (Å²) in [5, 5.41) is 13.1. The van der Waals surface area contributed by atoms with Gasteiger partial charge in [-0.05, 0) is 30.9 Å². The van der Waals surface area contributed by atoms with Gasteiger partial charge >= 0.3 is 0 Å². The van der Waals surface area contributed by atoms with Crippen LogP contribution in [0.3, 0.4) is 0 Å². The first-order valence-electron chi connectivity index (χ1n) is 8.70. The van der Waals surface area contributed by atoms with Crippen LogP contribution in [0, 0.1) is 18.8 Å². The molecule has 0 radical (unpaired) electrons. The fourth-order valence-corrected chi connectivity index (χ4v) is 3.14. The second-order valence-electron chi connectivity index (χ2n) is 6.87. The number of rotatable bonds is 5. The summed E-state index contributed by atoms with van der Waals surface area (Å²) in [7, 11) is 0. The summed E-state index contributed by atoms with van der Waals surface area (Å²) in [6.45, 7) is 7.23.